The van der Waals surface area contributed by atoms with Gasteiger partial charge < -0.3 is 5.32 Å². The van der Waals surface area contributed by atoms with E-state index in [4.69, 9.17) is 0 Å². The minimum absolute atomic E-state index is 0.694. The Balaban J connectivity index is 2.61. The van der Waals surface area contributed by atoms with E-state index < -0.39 is 0 Å². The highest BCUT2D eigenvalue weighted by Crippen LogP contribution is 2.09. The summed E-state index contributed by atoms with van der Waals surface area (Å²) in [4.78, 5) is 7.89. The van der Waals surface area contributed by atoms with Crippen LogP contribution in [0.2, 0.25) is 0 Å². The fraction of sp³-hybridized carbons (Fsp3) is 0.231. The van der Waals surface area contributed by atoms with Gasteiger partial charge in [0.15, 0.2) is 0 Å². The van der Waals surface area contributed by atoms with Crippen molar-refractivity contribution in [1.29, 1.82) is 0 Å². The van der Waals surface area contributed by atoms with Gasteiger partial charge in [-0.05, 0) is 31.0 Å². The Labute approximate surface area is 96.6 Å². The molecule has 1 aromatic rings. The molecule has 1 rings (SSSR count). The highest BCUT2D eigenvalue weighted by Gasteiger charge is 1.98. The Morgan fingerprint density at radius 3 is 2.75 bits per heavy atom. The van der Waals surface area contributed by atoms with E-state index in [0.29, 0.717) is 6.54 Å². The van der Waals surface area contributed by atoms with Gasteiger partial charge >= 0.3 is 0 Å². The molecule has 0 atom stereocenters. The Bertz CT molecular complexity index is 381. The van der Waals surface area contributed by atoms with Crippen LogP contribution in [0.15, 0.2) is 46.5 Å². The number of hydrogen-bond donors (Lipinski definition) is 1. The fourth-order valence-corrected chi connectivity index (χ4v) is 1.39. The molecular formula is C13H17N3. The highest BCUT2D eigenvalue weighted by atomic mass is 14.8. The van der Waals surface area contributed by atoms with Crippen molar-refractivity contribution in [3.8, 4) is 0 Å². The second kappa shape index (κ2) is 7.54. The number of aliphatic imine (C=N–C) groups is 2. The summed E-state index contributed by atoms with van der Waals surface area (Å²) in [7, 11) is 1.94. The van der Waals surface area contributed by atoms with Crippen LogP contribution < -0.4 is 5.32 Å². The molecule has 0 saturated heterocycles. The lowest BCUT2D eigenvalue weighted by atomic mass is 10.1. The van der Waals surface area contributed by atoms with Crippen molar-refractivity contribution in [2.75, 3.05) is 7.05 Å². The first-order chi connectivity index (χ1) is 7.88. The van der Waals surface area contributed by atoms with E-state index in [1.807, 2.05) is 19.2 Å². The number of benzene rings is 1. The summed E-state index contributed by atoms with van der Waals surface area (Å²) in [6.07, 6.45) is 5.13. The van der Waals surface area contributed by atoms with Crippen LogP contribution >= 0.6 is 0 Å². The average molecular weight is 215 g/mol. The van der Waals surface area contributed by atoms with Crippen LogP contribution in [0.4, 0.5) is 0 Å². The Morgan fingerprint density at radius 1 is 1.31 bits per heavy atom. The van der Waals surface area contributed by atoms with Crippen molar-refractivity contribution < 1.29 is 0 Å². The van der Waals surface area contributed by atoms with Crippen molar-refractivity contribution in [1.82, 2.24) is 5.32 Å². The lowest BCUT2D eigenvalue weighted by Gasteiger charge is -2.05. The van der Waals surface area contributed by atoms with Gasteiger partial charge in [0.25, 0.3) is 0 Å². The van der Waals surface area contributed by atoms with Gasteiger partial charge in [-0.15, -0.1) is 0 Å². The first-order valence-corrected chi connectivity index (χ1v) is 5.20. The zero-order valence-electron chi connectivity index (χ0n) is 9.56. The fourth-order valence-electron chi connectivity index (χ4n) is 1.39. The van der Waals surface area contributed by atoms with Crippen molar-refractivity contribution in [2.45, 2.75) is 13.1 Å². The first kappa shape index (κ1) is 12.3. The van der Waals surface area contributed by atoms with Gasteiger partial charge in [0, 0.05) is 19.0 Å². The van der Waals surface area contributed by atoms with E-state index in [2.05, 4.69) is 34.2 Å². The maximum Gasteiger partial charge on any atom is 0.0642 e. The van der Waals surface area contributed by atoms with Gasteiger partial charge in [-0.3, -0.25) is 9.98 Å². The highest BCUT2D eigenvalue weighted by molar-refractivity contribution is 5.71. The van der Waals surface area contributed by atoms with Crippen LogP contribution in [0, 0.1) is 0 Å². The third kappa shape index (κ3) is 4.19. The molecule has 16 heavy (non-hydrogen) atoms. The zero-order valence-corrected chi connectivity index (χ0v) is 9.56. The molecule has 0 bridgehead atoms. The number of allylic oxidation sites excluding steroid dienone is 1. The maximum absolute atomic E-state index is 4.29. The molecular weight excluding hydrogens is 198 g/mol. The van der Waals surface area contributed by atoms with E-state index in [1.54, 1.807) is 18.5 Å². The molecule has 0 spiro atoms. The van der Waals surface area contributed by atoms with E-state index >= 15 is 0 Å². The molecule has 3 heteroatoms. The van der Waals surface area contributed by atoms with Crippen molar-refractivity contribution in [3.05, 3.63) is 47.7 Å². The van der Waals surface area contributed by atoms with Crippen molar-refractivity contribution in [3.63, 3.8) is 0 Å². The van der Waals surface area contributed by atoms with Crippen LogP contribution in [0.5, 0.6) is 0 Å². The van der Waals surface area contributed by atoms with Crippen molar-refractivity contribution >= 4 is 12.9 Å². The SMILES string of the molecule is C=N/C=C\C=N/Cc1ccccc1CNC. The molecule has 0 fully saturated rings. The molecule has 0 amide bonds. The molecule has 3 nitrogen and oxygen atoms in total. The van der Waals surface area contributed by atoms with Gasteiger partial charge in [0.1, 0.15) is 0 Å². The Kier molecular flexibility index (Phi) is 5.81. The molecule has 0 aliphatic carbocycles. The molecule has 0 radical (unpaired) electrons. The largest absolute Gasteiger partial charge is 0.316 e. The van der Waals surface area contributed by atoms with Gasteiger partial charge in [-0.1, -0.05) is 24.3 Å². The maximum atomic E-state index is 4.29. The predicted octanol–water partition coefficient (Wildman–Crippen LogP) is 2.19. The predicted molar refractivity (Wildman–Crippen MR) is 70.1 cm³/mol. The topological polar surface area (TPSA) is 36.8 Å². The normalized spacial score (nSPS) is 11.3. The standard InChI is InChI=1S/C13H17N3/c1-14-8-5-9-16-11-13-7-4-3-6-12(13)10-15-2/h3-9,15H,1,10-11H2,2H3/b8-5-,16-9-. The van der Waals surface area contributed by atoms with E-state index in [-0.39, 0.29) is 0 Å². The smallest absolute Gasteiger partial charge is 0.0642 e. The van der Waals surface area contributed by atoms with Gasteiger partial charge in [-0.25, -0.2) is 0 Å². The number of rotatable bonds is 6. The van der Waals surface area contributed by atoms with E-state index in [0.717, 1.165) is 6.54 Å². The minimum atomic E-state index is 0.694. The first-order valence-electron chi connectivity index (χ1n) is 5.20. The third-order valence-corrected chi connectivity index (χ3v) is 2.13. The quantitative estimate of drug-likeness (QED) is 0.726. The lowest BCUT2D eigenvalue weighted by Crippen LogP contribution is -2.07. The zero-order chi connectivity index (χ0) is 11.6. The average Bonchev–Trinajstić information content (AvgIpc) is 2.31. The molecule has 0 aromatic heterocycles. The van der Waals surface area contributed by atoms with Crippen LogP contribution in [0.1, 0.15) is 11.1 Å². The summed E-state index contributed by atoms with van der Waals surface area (Å²) in [6, 6.07) is 8.29. The molecule has 0 aliphatic rings. The number of nitrogens with one attached hydrogen (secondary N) is 1. The summed E-state index contributed by atoms with van der Waals surface area (Å²) >= 11 is 0. The number of hydrogen-bond acceptors (Lipinski definition) is 3. The molecule has 0 heterocycles. The lowest BCUT2D eigenvalue weighted by molar-refractivity contribution is 0.804. The third-order valence-electron chi connectivity index (χ3n) is 2.13. The van der Waals surface area contributed by atoms with E-state index in [9.17, 15) is 0 Å². The second-order valence-corrected chi connectivity index (χ2v) is 3.31. The van der Waals surface area contributed by atoms with Crippen LogP contribution in [0.25, 0.3) is 0 Å². The molecule has 84 valence electrons. The van der Waals surface area contributed by atoms with E-state index in [1.165, 1.54) is 11.1 Å². The Hall–Kier alpha value is -1.74. The molecule has 0 saturated carbocycles. The monoisotopic (exact) mass is 215 g/mol. The Morgan fingerprint density at radius 2 is 2.06 bits per heavy atom. The number of nitrogens with zero attached hydrogens (tertiary/aromatic N) is 2. The molecule has 1 N–H and O–H groups in total. The van der Waals surface area contributed by atoms with Crippen molar-refractivity contribution in [2.24, 2.45) is 9.98 Å². The van der Waals surface area contributed by atoms with Gasteiger partial charge in [-0.2, -0.15) is 0 Å². The summed E-state index contributed by atoms with van der Waals surface area (Å²) in [5.41, 5.74) is 2.53. The summed E-state index contributed by atoms with van der Waals surface area (Å²) in [5, 5.41) is 3.15. The minimum Gasteiger partial charge on any atom is -0.316 e. The van der Waals surface area contributed by atoms with Gasteiger partial charge in [0.2, 0.25) is 0 Å². The summed E-state index contributed by atoms with van der Waals surface area (Å²) < 4.78 is 0. The van der Waals surface area contributed by atoms with Crippen LogP contribution in [-0.2, 0) is 13.1 Å². The second-order valence-electron chi connectivity index (χ2n) is 3.31. The van der Waals surface area contributed by atoms with Gasteiger partial charge in [0.05, 0.1) is 6.54 Å². The molecule has 0 unspecified atom stereocenters. The summed E-state index contributed by atoms with van der Waals surface area (Å²) in [6.45, 7) is 4.91. The summed E-state index contributed by atoms with van der Waals surface area (Å²) in [5.74, 6) is 0. The van der Waals surface area contributed by atoms with Crippen LogP contribution in [0.3, 0.4) is 0 Å². The molecule has 0 aliphatic heterocycles. The molecule has 1 aromatic carbocycles. The van der Waals surface area contributed by atoms with Crippen LogP contribution in [-0.4, -0.2) is 20.0 Å².